The molecule has 0 aromatic carbocycles. The van der Waals surface area contributed by atoms with Crippen LogP contribution < -0.4 is 5.32 Å². The lowest BCUT2D eigenvalue weighted by Crippen LogP contribution is -2.36. The number of nitrogens with one attached hydrogen (secondary N) is 1. The van der Waals surface area contributed by atoms with E-state index in [0.717, 1.165) is 26.2 Å². The van der Waals surface area contributed by atoms with Crippen LogP contribution >= 0.6 is 0 Å². The molecule has 1 saturated heterocycles. The van der Waals surface area contributed by atoms with Gasteiger partial charge in [-0.3, -0.25) is 4.90 Å². The SMILES string of the molecule is C=CCN(CC=C)C1CCNC1. The van der Waals surface area contributed by atoms with Gasteiger partial charge in [0.15, 0.2) is 0 Å². The molecule has 0 amide bonds. The van der Waals surface area contributed by atoms with Gasteiger partial charge in [-0.05, 0) is 13.0 Å². The van der Waals surface area contributed by atoms with Crippen LogP contribution in [0.2, 0.25) is 0 Å². The van der Waals surface area contributed by atoms with E-state index < -0.39 is 0 Å². The van der Waals surface area contributed by atoms with E-state index in [2.05, 4.69) is 23.4 Å². The van der Waals surface area contributed by atoms with E-state index in [1.165, 1.54) is 6.42 Å². The Kier molecular flexibility index (Phi) is 4.05. The zero-order valence-corrected chi connectivity index (χ0v) is 7.63. The molecule has 1 aliphatic rings. The lowest BCUT2D eigenvalue weighted by Gasteiger charge is -2.25. The summed E-state index contributed by atoms with van der Waals surface area (Å²) in [5.41, 5.74) is 0. The lowest BCUT2D eigenvalue weighted by molar-refractivity contribution is 0.256. The van der Waals surface area contributed by atoms with Gasteiger partial charge in [0.05, 0.1) is 0 Å². The molecule has 2 heteroatoms. The summed E-state index contributed by atoms with van der Waals surface area (Å²) in [6.45, 7) is 11.7. The third-order valence-corrected chi connectivity index (χ3v) is 2.28. The van der Waals surface area contributed by atoms with E-state index in [1.54, 1.807) is 0 Å². The largest absolute Gasteiger partial charge is 0.315 e. The molecule has 1 unspecified atom stereocenters. The lowest BCUT2D eigenvalue weighted by atomic mass is 10.2. The summed E-state index contributed by atoms with van der Waals surface area (Å²) < 4.78 is 0. The van der Waals surface area contributed by atoms with Gasteiger partial charge >= 0.3 is 0 Å². The fourth-order valence-electron chi connectivity index (χ4n) is 1.66. The third kappa shape index (κ3) is 2.47. The second-order valence-electron chi connectivity index (χ2n) is 3.18. The summed E-state index contributed by atoms with van der Waals surface area (Å²) in [6.07, 6.45) is 5.17. The van der Waals surface area contributed by atoms with Crippen molar-refractivity contribution in [2.45, 2.75) is 12.5 Å². The zero-order valence-electron chi connectivity index (χ0n) is 7.63. The molecule has 0 radical (unpaired) electrons. The fraction of sp³-hybridized carbons (Fsp3) is 0.600. The van der Waals surface area contributed by atoms with Gasteiger partial charge in [-0.1, -0.05) is 12.2 Å². The molecule has 0 aromatic heterocycles. The summed E-state index contributed by atoms with van der Waals surface area (Å²) in [5.74, 6) is 0. The summed E-state index contributed by atoms with van der Waals surface area (Å²) >= 11 is 0. The van der Waals surface area contributed by atoms with Crippen molar-refractivity contribution in [3.63, 3.8) is 0 Å². The Hall–Kier alpha value is -0.600. The molecule has 1 atom stereocenters. The van der Waals surface area contributed by atoms with Gasteiger partial charge in [0.25, 0.3) is 0 Å². The number of nitrogens with zero attached hydrogens (tertiary/aromatic N) is 1. The monoisotopic (exact) mass is 166 g/mol. The Bertz CT molecular complexity index is 138. The molecule has 0 saturated carbocycles. The highest BCUT2D eigenvalue weighted by Gasteiger charge is 2.19. The summed E-state index contributed by atoms with van der Waals surface area (Å²) in [4.78, 5) is 2.40. The second kappa shape index (κ2) is 5.12. The minimum Gasteiger partial charge on any atom is -0.315 e. The zero-order chi connectivity index (χ0) is 8.81. The molecule has 2 nitrogen and oxygen atoms in total. The number of hydrogen-bond donors (Lipinski definition) is 1. The molecule has 0 bridgehead atoms. The summed E-state index contributed by atoms with van der Waals surface area (Å²) in [6, 6.07) is 0.681. The van der Waals surface area contributed by atoms with Gasteiger partial charge in [-0.25, -0.2) is 0 Å². The van der Waals surface area contributed by atoms with E-state index >= 15 is 0 Å². The van der Waals surface area contributed by atoms with Crippen LogP contribution in [0.1, 0.15) is 6.42 Å². The van der Waals surface area contributed by atoms with E-state index in [4.69, 9.17) is 0 Å². The predicted octanol–water partition coefficient (Wildman–Crippen LogP) is 1.02. The molecule has 1 aliphatic heterocycles. The Balaban J connectivity index is 2.38. The minimum absolute atomic E-state index is 0.681. The van der Waals surface area contributed by atoms with E-state index in [0.29, 0.717) is 6.04 Å². The molecular formula is C10H18N2. The van der Waals surface area contributed by atoms with Crippen molar-refractivity contribution in [1.29, 1.82) is 0 Å². The van der Waals surface area contributed by atoms with E-state index in [1.807, 2.05) is 12.2 Å². The molecule has 0 aliphatic carbocycles. The van der Waals surface area contributed by atoms with Crippen LogP contribution in [0.4, 0.5) is 0 Å². The van der Waals surface area contributed by atoms with Gasteiger partial charge in [0.1, 0.15) is 0 Å². The van der Waals surface area contributed by atoms with Crippen molar-refractivity contribution in [1.82, 2.24) is 10.2 Å². The fourth-order valence-corrected chi connectivity index (χ4v) is 1.66. The maximum absolute atomic E-state index is 3.76. The van der Waals surface area contributed by atoms with Crippen LogP contribution in [0.5, 0.6) is 0 Å². The quantitative estimate of drug-likeness (QED) is 0.613. The highest BCUT2D eigenvalue weighted by Crippen LogP contribution is 2.07. The highest BCUT2D eigenvalue weighted by molar-refractivity contribution is 4.88. The molecular weight excluding hydrogens is 148 g/mol. The van der Waals surface area contributed by atoms with Crippen LogP contribution in [0, 0.1) is 0 Å². The first kappa shape index (κ1) is 9.49. The summed E-state index contributed by atoms with van der Waals surface area (Å²) in [5, 5.41) is 3.36. The molecule has 0 aromatic rings. The first-order valence-electron chi connectivity index (χ1n) is 4.55. The topological polar surface area (TPSA) is 15.3 Å². The average molecular weight is 166 g/mol. The average Bonchev–Trinajstić information content (AvgIpc) is 2.56. The third-order valence-electron chi connectivity index (χ3n) is 2.28. The molecule has 1 heterocycles. The van der Waals surface area contributed by atoms with Crippen LogP contribution in [0.25, 0.3) is 0 Å². The van der Waals surface area contributed by atoms with Gasteiger partial charge in [0, 0.05) is 25.7 Å². The smallest absolute Gasteiger partial charge is 0.0239 e. The van der Waals surface area contributed by atoms with Gasteiger partial charge in [-0.15, -0.1) is 13.2 Å². The second-order valence-corrected chi connectivity index (χ2v) is 3.18. The Morgan fingerprint density at radius 1 is 1.33 bits per heavy atom. The standard InChI is InChI=1S/C10H18N2/c1-3-7-12(8-4-2)10-5-6-11-9-10/h3-4,10-11H,1-2,5-9H2. The van der Waals surface area contributed by atoms with Crippen molar-refractivity contribution in [2.24, 2.45) is 0 Å². The maximum atomic E-state index is 3.76. The molecule has 12 heavy (non-hydrogen) atoms. The highest BCUT2D eigenvalue weighted by atomic mass is 15.2. The molecule has 68 valence electrons. The van der Waals surface area contributed by atoms with Gasteiger partial charge in [0.2, 0.25) is 0 Å². The molecule has 1 fully saturated rings. The number of rotatable bonds is 5. The number of hydrogen-bond acceptors (Lipinski definition) is 2. The van der Waals surface area contributed by atoms with Crippen molar-refractivity contribution < 1.29 is 0 Å². The van der Waals surface area contributed by atoms with Crippen molar-refractivity contribution in [2.75, 3.05) is 26.2 Å². The van der Waals surface area contributed by atoms with Crippen LogP contribution in [0.3, 0.4) is 0 Å². The van der Waals surface area contributed by atoms with Crippen LogP contribution in [-0.4, -0.2) is 37.1 Å². The summed E-state index contributed by atoms with van der Waals surface area (Å²) in [7, 11) is 0. The molecule has 0 spiro atoms. The van der Waals surface area contributed by atoms with Gasteiger partial charge < -0.3 is 5.32 Å². The minimum atomic E-state index is 0.681. The van der Waals surface area contributed by atoms with Gasteiger partial charge in [-0.2, -0.15) is 0 Å². The Morgan fingerprint density at radius 2 is 2.00 bits per heavy atom. The van der Waals surface area contributed by atoms with E-state index in [-0.39, 0.29) is 0 Å². The van der Waals surface area contributed by atoms with Crippen molar-refractivity contribution in [3.8, 4) is 0 Å². The van der Waals surface area contributed by atoms with Crippen molar-refractivity contribution in [3.05, 3.63) is 25.3 Å². The molecule has 1 N–H and O–H groups in total. The van der Waals surface area contributed by atoms with Crippen LogP contribution in [-0.2, 0) is 0 Å². The normalized spacial score (nSPS) is 22.9. The van der Waals surface area contributed by atoms with Crippen LogP contribution in [0.15, 0.2) is 25.3 Å². The first-order valence-corrected chi connectivity index (χ1v) is 4.55. The molecule has 1 rings (SSSR count). The van der Waals surface area contributed by atoms with E-state index in [9.17, 15) is 0 Å². The Morgan fingerprint density at radius 3 is 2.42 bits per heavy atom. The maximum Gasteiger partial charge on any atom is 0.0239 e. The Labute approximate surface area is 74.9 Å². The first-order chi connectivity index (χ1) is 5.88. The predicted molar refractivity (Wildman–Crippen MR) is 53.2 cm³/mol. The van der Waals surface area contributed by atoms with Crippen molar-refractivity contribution >= 4 is 0 Å².